The van der Waals surface area contributed by atoms with Crippen LogP contribution in [0.3, 0.4) is 0 Å². The Morgan fingerprint density at radius 2 is 2.22 bits per heavy atom. The molecule has 0 unspecified atom stereocenters. The Kier molecular flexibility index (Phi) is 4.27. The van der Waals surface area contributed by atoms with Crippen LogP contribution < -0.4 is 4.74 Å². The molecule has 0 radical (unpaired) electrons. The lowest BCUT2D eigenvalue weighted by Gasteiger charge is -2.39. The smallest absolute Gasteiger partial charge is 0.337 e. The normalized spacial score (nSPS) is 16.8. The Bertz CT molecular complexity index is 421. The second-order valence-electron chi connectivity index (χ2n) is 4.80. The molecular weight excluding hydrogens is 296 g/mol. The van der Waals surface area contributed by atoms with Gasteiger partial charge in [0.15, 0.2) is 0 Å². The number of benzene rings is 1. The molecule has 1 aromatic rings. The Hall–Kier alpha value is -1.03. The molecule has 1 aromatic carbocycles. The molecule has 0 N–H and O–H groups in total. The number of carbonyl (C=O) groups is 1. The fourth-order valence-electron chi connectivity index (χ4n) is 2.06. The molecule has 4 heteroatoms. The third-order valence-electron chi connectivity index (χ3n) is 3.50. The Morgan fingerprint density at radius 1 is 1.44 bits per heavy atom. The van der Waals surface area contributed by atoms with Crippen molar-refractivity contribution in [2.45, 2.75) is 19.3 Å². The number of halogens is 1. The highest BCUT2D eigenvalue weighted by molar-refractivity contribution is 9.09. The third-order valence-corrected chi connectivity index (χ3v) is 4.69. The van der Waals surface area contributed by atoms with Crippen LogP contribution in [0.25, 0.3) is 0 Å². The summed E-state index contributed by atoms with van der Waals surface area (Å²) in [5.74, 6) is 0.393. The van der Waals surface area contributed by atoms with Crippen LogP contribution >= 0.6 is 15.9 Å². The van der Waals surface area contributed by atoms with Crippen molar-refractivity contribution in [3.8, 4) is 5.75 Å². The summed E-state index contributed by atoms with van der Waals surface area (Å²) >= 11 is 3.55. The number of esters is 1. The van der Waals surface area contributed by atoms with Crippen LogP contribution in [-0.2, 0) is 4.74 Å². The summed E-state index contributed by atoms with van der Waals surface area (Å²) in [5.41, 5.74) is 0.804. The number of rotatable bonds is 5. The van der Waals surface area contributed by atoms with E-state index < -0.39 is 0 Å². The van der Waals surface area contributed by atoms with Crippen LogP contribution in [0.1, 0.15) is 29.6 Å². The van der Waals surface area contributed by atoms with Crippen molar-refractivity contribution in [2.24, 2.45) is 5.41 Å². The van der Waals surface area contributed by atoms with Crippen LogP contribution in [0, 0.1) is 5.41 Å². The van der Waals surface area contributed by atoms with E-state index in [4.69, 9.17) is 4.74 Å². The standard InChI is InChI=1S/C14H17BrO3/c1-17-13(16)11-4-2-5-12(8-11)18-10-14(9-15)6-3-7-14/h2,4-5,8H,3,6-7,9-10H2,1H3. The monoisotopic (exact) mass is 312 g/mol. The molecule has 0 aliphatic heterocycles. The van der Waals surface area contributed by atoms with Crippen molar-refractivity contribution in [3.63, 3.8) is 0 Å². The van der Waals surface area contributed by atoms with Gasteiger partial charge in [0.1, 0.15) is 5.75 Å². The summed E-state index contributed by atoms with van der Waals surface area (Å²) < 4.78 is 10.5. The number of hydrogen-bond acceptors (Lipinski definition) is 3. The zero-order valence-corrected chi connectivity index (χ0v) is 12.0. The van der Waals surface area contributed by atoms with E-state index in [2.05, 4.69) is 20.7 Å². The second-order valence-corrected chi connectivity index (χ2v) is 5.36. The summed E-state index contributed by atoms with van der Waals surface area (Å²) in [6.45, 7) is 0.697. The maximum Gasteiger partial charge on any atom is 0.337 e. The molecule has 0 heterocycles. The highest BCUT2D eigenvalue weighted by Gasteiger charge is 2.36. The summed E-state index contributed by atoms with van der Waals surface area (Å²) in [7, 11) is 1.38. The SMILES string of the molecule is COC(=O)c1cccc(OCC2(CBr)CCC2)c1. The molecule has 0 bridgehead atoms. The second kappa shape index (κ2) is 5.74. The number of carbonyl (C=O) groups excluding carboxylic acids is 1. The fraction of sp³-hybridized carbons (Fsp3) is 0.500. The fourth-order valence-corrected chi connectivity index (χ4v) is 2.78. The van der Waals surface area contributed by atoms with Gasteiger partial charge >= 0.3 is 5.97 Å². The average molecular weight is 313 g/mol. The molecule has 0 saturated heterocycles. The summed E-state index contributed by atoms with van der Waals surface area (Å²) in [6, 6.07) is 7.13. The van der Waals surface area contributed by atoms with E-state index in [1.54, 1.807) is 12.1 Å². The van der Waals surface area contributed by atoms with Crippen LogP contribution in [0.5, 0.6) is 5.75 Å². The lowest BCUT2D eigenvalue weighted by atomic mass is 9.71. The van der Waals surface area contributed by atoms with E-state index in [1.165, 1.54) is 26.4 Å². The van der Waals surface area contributed by atoms with E-state index in [1.807, 2.05) is 12.1 Å². The molecule has 18 heavy (non-hydrogen) atoms. The Labute approximate surface area is 116 Å². The molecule has 2 rings (SSSR count). The van der Waals surface area contributed by atoms with Gasteiger partial charge in [0, 0.05) is 10.7 Å². The predicted molar refractivity (Wildman–Crippen MR) is 73.4 cm³/mol. The third kappa shape index (κ3) is 2.86. The maximum atomic E-state index is 11.4. The van der Waals surface area contributed by atoms with Gasteiger partial charge in [-0.05, 0) is 31.0 Å². The van der Waals surface area contributed by atoms with E-state index in [-0.39, 0.29) is 11.4 Å². The van der Waals surface area contributed by atoms with Gasteiger partial charge in [0.2, 0.25) is 0 Å². The molecule has 1 aliphatic carbocycles. The highest BCUT2D eigenvalue weighted by atomic mass is 79.9. The highest BCUT2D eigenvalue weighted by Crippen LogP contribution is 2.42. The lowest BCUT2D eigenvalue weighted by Crippen LogP contribution is -2.37. The van der Waals surface area contributed by atoms with Crippen molar-refractivity contribution >= 4 is 21.9 Å². The Morgan fingerprint density at radius 3 is 2.78 bits per heavy atom. The molecule has 1 fully saturated rings. The maximum absolute atomic E-state index is 11.4. The van der Waals surface area contributed by atoms with E-state index in [0.717, 1.165) is 11.1 Å². The van der Waals surface area contributed by atoms with E-state index >= 15 is 0 Å². The van der Waals surface area contributed by atoms with Gasteiger partial charge in [0.25, 0.3) is 0 Å². The molecule has 1 saturated carbocycles. The predicted octanol–water partition coefficient (Wildman–Crippen LogP) is 3.42. The number of alkyl halides is 1. The van der Waals surface area contributed by atoms with Crippen molar-refractivity contribution in [1.29, 1.82) is 0 Å². The molecule has 0 aromatic heterocycles. The first-order chi connectivity index (χ1) is 8.69. The van der Waals surface area contributed by atoms with Crippen molar-refractivity contribution in [1.82, 2.24) is 0 Å². The number of hydrogen-bond donors (Lipinski definition) is 0. The van der Waals surface area contributed by atoms with Gasteiger partial charge in [-0.2, -0.15) is 0 Å². The van der Waals surface area contributed by atoms with Gasteiger partial charge in [-0.3, -0.25) is 0 Å². The first kappa shape index (κ1) is 13.4. The first-order valence-electron chi connectivity index (χ1n) is 6.06. The zero-order chi connectivity index (χ0) is 13.0. The minimum absolute atomic E-state index is 0.279. The molecular formula is C14H17BrO3. The van der Waals surface area contributed by atoms with Gasteiger partial charge in [0.05, 0.1) is 19.3 Å². The molecule has 1 aliphatic rings. The van der Waals surface area contributed by atoms with Crippen molar-refractivity contribution < 1.29 is 14.3 Å². The molecule has 3 nitrogen and oxygen atoms in total. The minimum atomic E-state index is -0.334. The van der Waals surface area contributed by atoms with Crippen molar-refractivity contribution in [2.75, 3.05) is 19.0 Å². The molecule has 0 amide bonds. The minimum Gasteiger partial charge on any atom is -0.493 e. The first-order valence-corrected chi connectivity index (χ1v) is 7.18. The summed E-state index contributed by atoms with van der Waals surface area (Å²) in [4.78, 5) is 11.4. The van der Waals surface area contributed by atoms with Crippen LogP contribution in [-0.4, -0.2) is 25.0 Å². The van der Waals surface area contributed by atoms with Crippen LogP contribution in [0.2, 0.25) is 0 Å². The van der Waals surface area contributed by atoms with Gasteiger partial charge in [-0.25, -0.2) is 4.79 Å². The average Bonchev–Trinajstić information content (AvgIpc) is 2.37. The molecule has 98 valence electrons. The molecule has 0 atom stereocenters. The van der Waals surface area contributed by atoms with Crippen molar-refractivity contribution in [3.05, 3.63) is 29.8 Å². The number of methoxy groups -OCH3 is 1. The van der Waals surface area contributed by atoms with Crippen LogP contribution in [0.15, 0.2) is 24.3 Å². The van der Waals surface area contributed by atoms with E-state index in [9.17, 15) is 4.79 Å². The molecule has 0 spiro atoms. The Balaban J connectivity index is 1.99. The largest absolute Gasteiger partial charge is 0.493 e. The number of ether oxygens (including phenoxy) is 2. The quantitative estimate of drug-likeness (QED) is 0.617. The van der Waals surface area contributed by atoms with Gasteiger partial charge in [-0.1, -0.05) is 28.4 Å². The summed E-state index contributed by atoms with van der Waals surface area (Å²) in [5, 5.41) is 0.969. The zero-order valence-electron chi connectivity index (χ0n) is 10.4. The summed E-state index contributed by atoms with van der Waals surface area (Å²) in [6.07, 6.45) is 3.68. The lowest BCUT2D eigenvalue weighted by molar-refractivity contribution is 0.0599. The van der Waals surface area contributed by atoms with Gasteiger partial charge in [-0.15, -0.1) is 0 Å². The van der Waals surface area contributed by atoms with Crippen LogP contribution in [0.4, 0.5) is 0 Å². The van der Waals surface area contributed by atoms with E-state index in [0.29, 0.717) is 12.2 Å². The topological polar surface area (TPSA) is 35.5 Å². The van der Waals surface area contributed by atoms with Gasteiger partial charge < -0.3 is 9.47 Å².